The molecule has 1 saturated heterocycles. The van der Waals surface area contributed by atoms with Gasteiger partial charge in [-0.2, -0.15) is 0 Å². The zero-order valence-electron chi connectivity index (χ0n) is 14.9. The highest BCUT2D eigenvalue weighted by Gasteiger charge is 2.46. The summed E-state index contributed by atoms with van der Waals surface area (Å²) in [6, 6.07) is 16.8. The SMILES string of the molecule is O=C1C(=O)N(Cc2ccncc2)C(c2ccccn2)/C1=C(/O)c1ccccc1. The standard InChI is InChI=1S/C22H17N3O3/c26-20(16-6-2-1-3-7-16)18-19(17-8-4-5-11-24-17)25(22(28)21(18)27)14-15-9-12-23-13-10-15/h1-13,19,26H,14H2/b20-18-. The van der Waals surface area contributed by atoms with Crippen LogP contribution >= 0.6 is 0 Å². The molecule has 6 nitrogen and oxygen atoms in total. The number of carbonyl (C=O) groups excluding carboxylic acids is 2. The molecule has 1 unspecified atom stereocenters. The van der Waals surface area contributed by atoms with Crippen LogP contribution in [-0.2, 0) is 16.1 Å². The van der Waals surface area contributed by atoms with Crippen LogP contribution in [0.15, 0.2) is 84.8 Å². The first-order chi connectivity index (χ1) is 13.7. The highest BCUT2D eigenvalue weighted by atomic mass is 16.3. The Morgan fingerprint density at radius 2 is 1.64 bits per heavy atom. The monoisotopic (exact) mass is 371 g/mol. The van der Waals surface area contributed by atoms with Crippen LogP contribution in [0.3, 0.4) is 0 Å². The van der Waals surface area contributed by atoms with Crippen molar-refractivity contribution in [3.05, 3.63) is 102 Å². The molecule has 3 heterocycles. The molecule has 1 aliphatic rings. The molecular weight excluding hydrogens is 354 g/mol. The van der Waals surface area contributed by atoms with Crippen molar-refractivity contribution < 1.29 is 14.7 Å². The number of rotatable bonds is 4. The Labute approximate surface area is 161 Å². The van der Waals surface area contributed by atoms with Gasteiger partial charge in [-0.1, -0.05) is 36.4 Å². The van der Waals surface area contributed by atoms with Crippen molar-refractivity contribution in [1.29, 1.82) is 0 Å². The minimum Gasteiger partial charge on any atom is -0.507 e. The van der Waals surface area contributed by atoms with Gasteiger partial charge in [-0.05, 0) is 29.8 Å². The fourth-order valence-corrected chi connectivity index (χ4v) is 3.32. The highest BCUT2D eigenvalue weighted by Crippen LogP contribution is 2.39. The number of benzene rings is 1. The van der Waals surface area contributed by atoms with Crippen molar-refractivity contribution in [2.75, 3.05) is 0 Å². The molecule has 0 bridgehead atoms. The van der Waals surface area contributed by atoms with Gasteiger partial charge in [0, 0.05) is 30.7 Å². The van der Waals surface area contributed by atoms with Crippen molar-refractivity contribution in [3.63, 3.8) is 0 Å². The normalized spacial score (nSPS) is 18.4. The number of nitrogens with zero attached hydrogens (tertiary/aromatic N) is 3. The fourth-order valence-electron chi connectivity index (χ4n) is 3.32. The second kappa shape index (κ2) is 7.44. The van der Waals surface area contributed by atoms with E-state index >= 15 is 0 Å². The van der Waals surface area contributed by atoms with Crippen LogP contribution in [0.25, 0.3) is 5.76 Å². The maximum Gasteiger partial charge on any atom is 0.296 e. The van der Waals surface area contributed by atoms with Gasteiger partial charge < -0.3 is 10.0 Å². The van der Waals surface area contributed by atoms with Crippen LogP contribution in [-0.4, -0.2) is 31.7 Å². The lowest BCUT2D eigenvalue weighted by atomic mass is 9.98. The van der Waals surface area contributed by atoms with Crippen LogP contribution in [0, 0.1) is 0 Å². The molecule has 1 N–H and O–H groups in total. The molecule has 6 heteroatoms. The van der Waals surface area contributed by atoms with E-state index in [2.05, 4.69) is 9.97 Å². The van der Waals surface area contributed by atoms with Gasteiger partial charge in [-0.3, -0.25) is 19.6 Å². The molecule has 1 aliphatic heterocycles. The third kappa shape index (κ3) is 3.16. The predicted octanol–water partition coefficient (Wildman–Crippen LogP) is 3.10. The van der Waals surface area contributed by atoms with Crippen molar-refractivity contribution in [2.24, 2.45) is 0 Å². The predicted molar refractivity (Wildman–Crippen MR) is 103 cm³/mol. The average molecular weight is 371 g/mol. The molecule has 1 amide bonds. The van der Waals surface area contributed by atoms with Crippen LogP contribution in [0.2, 0.25) is 0 Å². The smallest absolute Gasteiger partial charge is 0.296 e. The molecule has 0 aliphatic carbocycles. The Morgan fingerprint density at radius 1 is 0.929 bits per heavy atom. The first-order valence-electron chi connectivity index (χ1n) is 8.80. The van der Waals surface area contributed by atoms with Crippen LogP contribution < -0.4 is 0 Å². The minimum atomic E-state index is -0.769. The minimum absolute atomic E-state index is 0.0453. The highest BCUT2D eigenvalue weighted by molar-refractivity contribution is 6.46. The van der Waals surface area contributed by atoms with E-state index in [1.165, 1.54) is 4.90 Å². The molecule has 2 aromatic heterocycles. The molecule has 0 radical (unpaired) electrons. The summed E-state index contributed by atoms with van der Waals surface area (Å²) < 4.78 is 0. The molecule has 3 aromatic rings. The van der Waals surface area contributed by atoms with Gasteiger partial charge in [0.15, 0.2) is 0 Å². The van der Waals surface area contributed by atoms with E-state index in [0.717, 1.165) is 5.56 Å². The molecule has 1 fully saturated rings. The summed E-state index contributed by atoms with van der Waals surface area (Å²) >= 11 is 0. The number of pyridine rings is 2. The lowest BCUT2D eigenvalue weighted by Crippen LogP contribution is -2.29. The van der Waals surface area contributed by atoms with Crippen molar-refractivity contribution >= 4 is 17.4 Å². The summed E-state index contributed by atoms with van der Waals surface area (Å²) in [6.07, 6.45) is 4.86. The Kier molecular flexibility index (Phi) is 4.68. The van der Waals surface area contributed by atoms with Gasteiger partial charge >= 0.3 is 0 Å². The second-order valence-corrected chi connectivity index (χ2v) is 6.40. The zero-order valence-corrected chi connectivity index (χ0v) is 14.9. The summed E-state index contributed by atoms with van der Waals surface area (Å²) in [5, 5.41) is 10.9. The topological polar surface area (TPSA) is 83.4 Å². The van der Waals surface area contributed by atoms with E-state index in [4.69, 9.17) is 0 Å². The third-order valence-electron chi connectivity index (χ3n) is 4.66. The lowest BCUT2D eigenvalue weighted by molar-refractivity contribution is -0.140. The molecule has 28 heavy (non-hydrogen) atoms. The summed E-state index contributed by atoms with van der Waals surface area (Å²) in [6.45, 7) is 0.208. The first kappa shape index (κ1) is 17.6. The molecular formula is C22H17N3O3. The average Bonchev–Trinajstić information content (AvgIpc) is 3.00. The van der Waals surface area contributed by atoms with Gasteiger partial charge in [-0.25, -0.2) is 0 Å². The Balaban J connectivity index is 1.85. The van der Waals surface area contributed by atoms with Gasteiger partial charge in [0.05, 0.1) is 11.3 Å². The number of aromatic nitrogens is 2. The van der Waals surface area contributed by atoms with Crippen LogP contribution in [0.5, 0.6) is 0 Å². The van der Waals surface area contributed by atoms with E-state index in [9.17, 15) is 14.7 Å². The largest absolute Gasteiger partial charge is 0.507 e. The van der Waals surface area contributed by atoms with E-state index in [1.54, 1.807) is 73.2 Å². The molecule has 1 aromatic carbocycles. The van der Waals surface area contributed by atoms with Crippen molar-refractivity contribution in [3.8, 4) is 0 Å². The van der Waals surface area contributed by atoms with Crippen molar-refractivity contribution in [1.82, 2.24) is 14.9 Å². The molecule has 0 saturated carbocycles. The van der Waals surface area contributed by atoms with Gasteiger partial charge in [0.1, 0.15) is 11.8 Å². The van der Waals surface area contributed by atoms with E-state index < -0.39 is 17.7 Å². The molecule has 1 atom stereocenters. The Bertz CT molecular complexity index is 1030. The Morgan fingerprint density at radius 3 is 2.32 bits per heavy atom. The van der Waals surface area contributed by atoms with Gasteiger partial charge in [0.2, 0.25) is 0 Å². The zero-order chi connectivity index (χ0) is 19.5. The number of Topliss-reactive ketones (excluding diaryl/α,β-unsaturated/α-hetero) is 1. The summed E-state index contributed by atoms with van der Waals surface area (Å²) in [5.74, 6) is -1.58. The first-order valence-corrected chi connectivity index (χ1v) is 8.80. The third-order valence-corrected chi connectivity index (χ3v) is 4.66. The number of ketones is 1. The van der Waals surface area contributed by atoms with Crippen LogP contribution in [0.4, 0.5) is 0 Å². The maximum atomic E-state index is 12.9. The number of amides is 1. The quantitative estimate of drug-likeness (QED) is 0.433. The molecule has 138 valence electrons. The number of aliphatic hydroxyl groups excluding tert-OH is 1. The van der Waals surface area contributed by atoms with E-state index in [-0.39, 0.29) is 17.9 Å². The lowest BCUT2D eigenvalue weighted by Gasteiger charge is -2.24. The van der Waals surface area contributed by atoms with Gasteiger partial charge in [-0.15, -0.1) is 0 Å². The van der Waals surface area contributed by atoms with E-state index in [1.807, 2.05) is 6.07 Å². The van der Waals surface area contributed by atoms with Gasteiger partial charge in [0.25, 0.3) is 11.7 Å². The number of carbonyl (C=O) groups is 2. The van der Waals surface area contributed by atoms with Crippen molar-refractivity contribution in [2.45, 2.75) is 12.6 Å². The summed E-state index contributed by atoms with van der Waals surface area (Å²) in [7, 11) is 0. The molecule has 0 spiro atoms. The number of hydrogen-bond acceptors (Lipinski definition) is 5. The second-order valence-electron chi connectivity index (χ2n) is 6.40. The number of hydrogen-bond donors (Lipinski definition) is 1. The van der Waals surface area contributed by atoms with E-state index in [0.29, 0.717) is 11.3 Å². The fraction of sp³-hybridized carbons (Fsp3) is 0.0909. The Hall–Kier alpha value is -3.80. The summed E-state index contributed by atoms with van der Waals surface area (Å²) in [4.78, 5) is 35.4. The van der Waals surface area contributed by atoms with Crippen LogP contribution in [0.1, 0.15) is 22.9 Å². The molecule has 4 rings (SSSR count). The summed E-state index contributed by atoms with van der Waals surface area (Å²) in [5.41, 5.74) is 1.88. The maximum absolute atomic E-state index is 12.9. The number of likely N-dealkylation sites (tertiary alicyclic amines) is 1. The number of aliphatic hydroxyl groups is 1.